The Labute approximate surface area is 190 Å². The van der Waals surface area contributed by atoms with Gasteiger partial charge in [-0.1, -0.05) is 26.0 Å². The van der Waals surface area contributed by atoms with Gasteiger partial charge < -0.3 is 14.8 Å². The van der Waals surface area contributed by atoms with Gasteiger partial charge in [0.1, 0.15) is 23.6 Å². The van der Waals surface area contributed by atoms with Crippen molar-refractivity contribution in [3.05, 3.63) is 53.6 Å². The predicted molar refractivity (Wildman–Crippen MR) is 126 cm³/mol. The first-order chi connectivity index (χ1) is 14.9. The Hall–Kier alpha value is -2.74. The van der Waals surface area contributed by atoms with E-state index in [1.165, 1.54) is 0 Å². The maximum atomic E-state index is 13.0. The zero-order valence-corrected chi connectivity index (χ0v) is 20.3. The summed E-state index contributed by atoms with van der Waals surface area (Å²) in [4.78, 5) is 13.0. The number of hydrogen-bond acceptors (Lipinski definition) is 5. The number of hydrogen-bond donors (Lipinski definition) is 1. The molecule has 1 N–H and O–H groups in total. The van der Waals surface area contributed by atoms with E-state index in [-0.39, 0.29) is 18.5 Å². The minimum absolute atomic E-state index is 0.302. The van der Waals surface area contributed by atoms with Gasteiger partial charge in [0.15, 0.2) is 0 Å². The van der Waals surface area contributed by atoms with Crippen molar-refractivity contribution in [3.8, 4) is 11.5 Å². The van der Waals surface area contributed by atoms with Crippen molar-refractivity contribution in [1.29, 1.82) is 0 Å². The Morgan fingerprint density at radius 2 is 1.88 bits per heavy atom. The highest BCUT2D eigenvalue weighted by Crippen LogP contribution is 2.41. The molecule has 0 spiro atoms. The van der Waals surface area contributed by atoms with E-state index in [0.717, 1.165) is 21.7 Å². The molecule has 1 heterocycles. The lowest BCUT2D eigenvalue weighted by Gasteiger charge is -2.38. The largest absolute Gasteiger partial charge is 0.497 e. The quantitative estimate of drug-likeness (QED) is 0.675. The highest BCUT2D eigenvalue weighted by molar-refractivity contribution is 7.92. The van der Waals surface area contributed by atoms with Gasteiger partial charge in [-0.2, -0.15) is 0 Å². The zero-order valence-electron chi connectivity index (χ0n) is 19.5. The molecule has 1 aliphatic heterocycles. The van der Waals surface area contributed by atoms with Crippen molar-refractivity contribution < 1.29 is 22.7 Å². The van der Waals surface area contributed by atoms with Crippen LogP contribution in [0, 0.1) is 0 Å². The molecule has 174 valence electrons. The van der Waals surface area contributed by atoms with E-state index in [4.69, 9.17) is 9.47 Å². The summed E-state index contributed by atoms with van der Waals surface area (Å²) in [5.74, 6) is 1.26. The standard InChI is InChI=1S/C24H32N2O5S/c1-16(2)17-7-9-18(10-8-17)26(32(6,28)29)15-23(27)25-21-14-24(3,4)31-22-13-19(30-5)11-12-20(21)22/h7-13,16,21H,14-15H2,1-6H3,(H,25,27). The van der Waals surface area contributed by atoms with Crippen LogP contribution in [-0.2, 0) is 14.8 Å². The third kappa shape index (κ3) is 5.54. The summed E-state index contributed by atoms with van der Waals surface area (Å²) in [5.41, 5.74) is 1.90. The van der Waals surface area contributed by atoms with Gasteiger partial charge in [0.2, 0.25) is 15.9 Å². The number of rotatable bonds is 7. The number of sulfonamides is 1. The third-order valence-corrected chi connectivity index (χ3v) is 6.69. The number of ether oxygens (including phenoxy) is 2. The van der Waals surface area contributed by atoms with Crippen LogP contribution in [0.3, 0.4) is 0 Å². The van der Waals surface area contributed by atoms with Crippen molar-refractivity contribution in [2.24, 2.45) is 0 Å². The van der Waals surface area contributed by atoms with Crippen LogP contribution in [0.2, 0.25) is 0 Å². The number of amides is 1. The molecular formula is C24H32N2O5S. The summed E-state index contributed by atoms with van der Waals surface area (Å²) in [7, 11) is -2.06. The number of nitrogens with one attached hydrogen (secondary N) is 1. The number of methoxy groups -OCH3 is 1. The Morgan fingerprint density at radius 3 is 2.44 bits per heavy atom. The van der Waals surface area contributed by atoms with Gasteiger partial charge in [0, 0.05) is 18.1 Å². The Bertz CT molecular complexity index is 1080. The maximum Gasteiger partial charge on any atom is 0.241 e. The molecule has 3 rings (SSSR count). The molecule has 32 heavy (non-hydrogen) atoms. The van der Waals surface area contributed by atoms with E-state index < -0.39 is 15.6 Å². The maximum absolute atomic E-state index is 13.0. The van der Waals surface area contributed by atoms with Gasteiger partial charge in [0.25, 0.3) is 0 Å². The average Bonchev–Trinajstić information content (AvgIpc) is 2.70. The third-order valence-electron chi connectivity index (χ3n) is 5.55. The summed E-state index contributed by atoms with van der Waals surface area (Å²) >= 11 is 0. The lowest BCUT2D eigenvalue weighted by molar-refractivity contribution is -0.120. The van der Waals surface area contributed by atoms with Crippen LogP contribution >= 0.6 is 0 Å². The van der Waals surface area contributed by atoms with E-state index in [1.807, 2.05) is 38.1 Å². The minimum atomic E-state index is -3.65. The first kappa shape index (κ1) is 23.9. The van der Waals surface area contributed by atoms with Gasteiger partial charge in [-0.25, -0.2) is 8.42 Å². The first-order valence-corrected chi connectivity index (χ1v) is 12.5. The lowest BCUT2D eigenvalue weighted by Crippen LogP contribution is -2.45. The van der Waals surface area contributed by atoms with Crippen LogP contribution < -0.4 is 19.1 Å². The number of anilines is 1. The molecule has 1 aliphatic rings. The summed E-state index contributed by atoms with van der Waals surface area (Å²) in [6, 6.07) is 12.4. The van der Waals surface area contributed by atoms with E-state index in [2.05, 4.69) is 19.2 Å². The van der Waals surface area contributed by atoms with E-state index in [9.17, 15) is 13.2 Å². The molecule has 0 saturated carbocycles. The van der Waals surface area contributed by atoms with Gasteiger partial charge in [-0.3, -0.25) is 9.10 Å². The molecule has 1 amide bonds. The van der Waals surface area contributed by atoms with Crippen LogP contribution in [0.4, 0.5) is 5.69 Å². The molecule has 0 fully saturated rings. The normalized spacial score (nSPS) is 17.3. The van der Waals surface area contributed by atoms with Crippen LogP contribution in [0.15, 0.2) is 42.5 Å². The monoisotopic (exact) mass is 460 g/mol. The van der Waals surface area contributed by atoms with Gasteiger partial charge in [0.05, 0.1) is 25.1 Å². The molecule has 0 aliphatic carbocycles. The average molecular weight is 461 g/mol. The topological polar surface area (TPSA) is 84.9 Å². The molecule has 1 atom stereocenters. The molecule has 0 bridgehead atoms. The first-order valence-electron chi connectivity index (χ1n) is 10.6. The SMILES string of the molecule is COc1ccc2c(c1)OC(C)(C)CC2NC(=O)CN(c1ccc(C(C)C)cc1)S(C)(=O)=O. The second kappa shape index (κ2) is 9.02. The zero-order chi connectivity index (χ0) is 23.7. The molecule has 0 saturated heterocycles. The van der Waals surface area contributed by atoms with Crippen molar-refractivity contribution in [1.82, 2.24) is 5.32 Å². The number of fused-ring (bicyclic) bond motifs is 1. The number of nitrogens with zero attached hydrogens (tertiary/aromatic N) is 1. The van der Waals surface area contributed by atoms with Gasteiger partial charge in [-0.05, 0) is 49.6 Å². The van der Waals surface area contributed by atoms with Gasteiger partial charge in [-0.15, -0.1) is 0 Å². The molecule has 0 aromatic heterocycles. The predicted octanol–water partition coefficient (Wildman–Crippen LogP) is 4.00. The van der Waals surface area contributed by atoms with Crippen LogP contribution in [0.5, 0.6) is 11.5 Å². The minimum Gasteiger partial charge on any atom is -0.497 e. The molecule has 0 radical (unpaired) electrons. The van der Waals surface area contributed by atoms with Crippen LogP contribution in [-0.4, -0.2) is 39.8 Å². The second-order valence-electron chi connectivity index (χ2n) is 9.11. The smallest absolute Gasteiger partial charge is 0.241 e. The van der Waals surface area contributed by atoms with E-state index >= 15 is 0 Å². The summed E-state index contributed by atoms with van der Waals surface area (Å²) in [5, 5.41) is 3.00. The fraction of sp³-hybridized carbons (Fsp3) is 0.458. The summed E-state index contributed by atoms with van der Waals surface area (Å²) < 4.78 is 37.4. The molecule has 8 heteroatoms. The lowest BCUT2D eigenvalue weighted by atomic mass is 9.89. The fourth-order valence-electron chi connectivity index (χ4n) is 3.88. The van der Waals surface area contributed by atoms with Gasteiger partial charge >= 0.3 is 0 Å². The Morgan fingerprint density at radius 1 is 1.22 bits per heavy atom. The van der Waals surface area contributed by atoms with E-state index in [1.54, 1.807) is 25.3 Å². The molecule has 7 nitrogen and oxygen atoms in total. The van der Waals surface area contributed by atoms with Crippen LogP contribution in [0.25, 0.3) is 0 Å². The van der Waals surface area contributed by atoms with Crippen molar-refractivity contribution in [3.63, 3.8) is 0 Å². The molecule has 2 aromatic rings. The molecule has 2 aromatic carbocycles. The highest BCUT2D eigenvalue weighted by atomic mass is 32.2. The second-order valence-corrected chi connectivity index (χ2v) is 11.0. The highest BCUT2D eigenvalue weighted by Gasteiger charge is 2.35. The number of carbonyl (C=O) groups excluding carboxylic acids is 1. The summed E-state index contributed by atoms with van der Waals surface area (Å²) in [6.45, 7) is 7.74. The Kier molecular flexibility index (Phi) is 6.74. The Balaban J connectivity index is 1.82. The number of benzene rings is 2. The van der Waals surface area contributed by atoms with E-state index in [0.29, 0.717) is 29.5 Å². The molecule has 1 unspecified atom stereocenters. The van der Waals surface area contributed by atoms with Crippen LogP contribution in [0.1, 0.15) is 57.2 Å². The fourth-order valence-corrected chi connectivity index (χ4v) is 4.74. The summed E-state index contributed by atoms with van der Waals surface area (Å²) in [6.07, 6.45) is 1.66. The van der Waals surface area contributed by atoms with Crippen molar-refractivity contribution in [2.75, 3.05) is 24.2 Å². The number of carbonyl (C=O) groups is 1. The van der Waals surface area contributed by atoms with Crippen molar-refractivity contribution >= 4 is 21.6 Å². The van der Waals surface area contributed by atoms with Crippen molar-refractivity contribution in [2.45, 2.75) is 51.7 Å². The molecular weight excluding hydrogens is 428 g/mol.